The smallest absolute Gasteiger partial charge is 0.326 e. The second kappa shape index (κ2) is 40.7. The molecule has 0 unspecified atom stereocenters. The van der Waals surface area contributed by atoms with Crippen molar-refractivity contribution in [2.75, 3.05) is 32.8 Å². The number of carbonyl (C=O) groups is 10. The van der Waals surface area contributed by atoms with E-state index in [-0.39, 0.29) is 113 Å². The third-order valence-corrected chi connectivity index (χ3v) is 15.9. The van der Waals surface area contributed by atoms with E-state index in [0.29, 0.717) is 39.6 Å². The molecule has 29 N–H and O–H groups in total. The number of carboxylic acid groups (broad SMARTS) is 1. The van der Waals surface area contributed by atoms with Crippen LogP contribution in [0.1, 0.15) is 74.1 Å². The fourth-order valence-corrected chi connectivity index (χ4v) is 10.4. The number of nitrogens with zero attached hydrogens (tertiary/aromatic N) is 2. The van der Waals surface area contributed by atoms with Gasteiger partial charge in [0.05, 0.1) is 25.4 Å². The molecule has 0 radical (unpaired) electrons. The Morgan fingerprint density at radius 2 is 0.812 bits per heavy atom. The lowest BCUT2D eigenvalue weighted by Crippen LogP contribution is -2.62. The number of unbranched alkanes of at least 4 members (excludes halogenated alkanes) is 1. The number of aliphatic hydroxyl groups excluding tert-OH is 3. The van der Waals surface area contributed by atoms with Crippen LogP contribution < -0.4 is 82.3 Å². The molecule has 0 bridgehead atoms. The van der Waals surface area contributed by atoms with Crippen molar-refractivity contribution in [3.8, 4) is 17.2 Å². The Hall–Kier alpha value is -11.1. The predicted octanol–water partition coefficient (Wildman–Crippen LogP) is -5.07. The molecule has 35 heteroatoms. The molecule has 5 rings (SSSR count). The van der Waals surface area contributed by atoms with Crippen molar-refractivity contribution < 1.29 is 83.7 Å². The molecule has 1 aromatic heterocycles. The van der Waals surface area contributed by atoms with Crippen molar-refractivity contribution in [3.63, 3.8) is 0 Å². The van der Waals surface area contributed by atoms with Gasteiger partial charge in [0.25, 0.3) is 0 Å². The maximum atomic E-state index is 14.7. The Labute approximate surface area is 580 Å². The van der Waals surface area contributed by atoms with Gasteiger partial charge < -0.3 is 123 Å². The third-order valence-electron chi connectivity index (χ3n) is 15.9. The number of carboxylic acids is 1. The highest BCUT2D eigenvalue weighted by atomic mass is 16.4. The monoisotopic (exact) mass is 1410 g/mol. The first-order chi connectivity index (χ1) is 48.1. The fourth-order valence-electron chi connectivity index (χ4n) is 10.4. The number of guanidine groups is 2. The van der Waals surface area contributed by atoms with Crippen LogP contribution >= 0.6 is 0 Å². The highest BCUT2D eigenvalue weighted by Crippen LogP contribution is 2.21. The van der Waals surface area contributed by atoms with Gasteiger partial charge in [-0.25, -0.2) is 4.79 Å². The summed E-state index contributed by atoms with van der Waals surface area (Å²) >= 11 is 0. The summed E-state index contributed by atoms with van der Waals surface area (Å²) in [4.78, 5) is 151. The van der Waals surface area contributed by atoms with Crippen LogP contribution in [0.15, 0.2) is 113 Å². The fraction of sp³-hybridized carbons (Fsp3) is 0.424. The lowest BCUT2D eigenvalue weighted by atomic mass is 10.0. The average molecular weight is 1410 g/mol. The normalized spacial score (nSPS) is 14.4. The van der Waals surface area contributed by atoms with E-state index >= 15 is 0 Å². The molecule has 101 heavy (non-hydrogen) atoms. The zero-order valence-electron chi connectivity index (χ0n) is 55.6. The van der Waals surface area contributed by atoms with E-state index < -0.39 is 139 Å². The summed E-state index contributed by atoms with van der Waals surface area (Å²) in [5, 5.41) is 94.8. The van der Waals surface area contributed by atoms with Crippen LogP contribution in [0.3, 0.4) is 0 Å². The van der Waals surface area contributed by atoms with Crippen molar-refractivity contribution in [3.05, 3.63) is 126 Å². The zero-order valence-corrected chi connectivity index (χ0v) is 55.6. The standard InChI is InChI=1S/C66H92N18O17/c1-35(87)54(63(99)83-53(34-86)62(98)80-50(31-39-32-75-45-9-3-2-8-43(39)45)59(95)81-51(64(100)101)30-38-17-23-42(90)24-18-38)84-60(96)49(29-37-15-21-41(89)22-16-37)79-57(93)46(10-4-5-25-67)77-56(92)48(12-7-27-74-66(71)72)78-61(97)52(33-85)82-58(94)47(11-6-26-73-65(69)70)76-55(91)44(68)28-36-13-19-40(88)20-14-36/h2-3,8-9,13-24,32,35,44,46-54,75,85-90H,4-7,10-12,25-31,33-34,67-68H2,1H3,(H,76,91)(H,77,92)(H,78,97)(H,79,93)(H,80,98)(H,81,95)(H,82,94)(H,83,99)(H,84,96)(H,100,101)(H4,69,70,73)(H4,71,72,74)/t35-,44+,46+,47+,48+,49+,50+,51+,52+,53+,54+/m1/s1. The quantitative estimate of drug-likeness (QED) is 0.00987. The van der Waals surface area contributed by atoms with Crippen molar-refractivity contribution in [1.29, 1.82) is 0 Å². The largest absolute Gasteiger partial charge is 0.508 e. The molecule has 0 aliphatic carbocycles. The summed E-state index contributed by atoms with van der Waals surface area (Å²) in [6.45, 7) is -0.980. The number of fused-ring (bicyclic) bond motifs is 1. The van der Waals surface area contributed by atoms with Gasteiger partial charge in [-0.1, -0.05) is 54.6 Å². The number of nitrogens with two attached hydrogens (primary N) is 6. The minimum absolute atomic E-state index is 0.00635. The number of aromatic nitrogens is 1. The number of amides is 9. The summed E-state index contributed by atoms with van der Waals surface area (Å²) in [6.07, 6.45) is -0.896. The first kappa shape index (κ1) is 80.5. The molecule has 5 aromatic rings. The molecule has 0 saturated carbocycles. The number of H-pyrrole nitrogens is 1. The van der Waals surface area contributed by atoms with Gasteiger partial charge in [-0.15, -0.1) is 0 Å². The van der Waals surface area contributed by atoms with E-state index in [0.717, 1.165) is 6.92 Å². The van der Waals surface area contributed by atoms with Gasteiger partial charge in [-0.2, -0.15) is 0 Å². The average Bonchev–Trinajstić information content (AvgIpc) is 1.73. The van der Waals surface area contributed by atoms with Crippen LogP contribution in [0.5, 0.6) is 17.2 Å². The van der Waals surface area contributed by atoms with E-state index in [2.05, 4.69) is 62.8 Å². The maximum Gasteiger partial charge on any atom is 0.326 e. The van der Waals surface area contributed by atoms with Gasteiger partial charge in [-0.05, 0) is 130 Å². The Kier molecular flexibility index (Phi) is 32.4. The van der Waals surface area contributed by atoms with Crippen molar-refractivity contribution in [1.82, 2.24) is 52.8 Å². The lowest BCUT2D eigenvalue weighted by molar-refractivity contribution is -0.142. The van der Waals surface area contributed by atoms with Gasteiger partial charge in [0.1, 0.15) is 71.6 Å². The van der Waals surface area contributed by atoms with Crippen molar-refractivity contribution >= 4 is 82.0 Å². The first-order valence-electron chi connectivity index (χ1n) is 32.4. The van der Waals surface area contributed by atoms with E-state index in [4.69, 9.17) is 34.4 Å². The van der Waals surface area contributed by atoms with Crippen LogP contribution in [-0.4, -0.2) is 211 Å². The van der Waals surface area contributed by atoms with Crippen molar-refractivity contribution in [2.45, 2.75) is 144 Å². The summed E-state index contributed by atoms with van der Waals surface area (Å²) in [7, 11) is 0. The Bertz CT molecular complexity index is 3640. The molecule has 4 aromatic carbocycles. The van der Waals surface area contributed by atoms with Gasteiger partial charge in [0.2, 0.25) is 53.2 Å². The number of aromatic hydroxyl groups is 3. The van der Waals surface area contributed by atoms with Gasteiger partial charge >= 0.3 is 5.97 Å². The Morgan fingerprint density at radius 3 is 1.26 bits per heavy atom. The highest BCUT2D eigenvalue weighted by Gasteiger charge is 2.37. The molecule has 0 aliphatic heterocycles. The maximum absolute atomic E-state index is 14.7. The van der Waals surface area contributed by atoms with Crippen LogP contribution in [0.2, 0.25) is 0 Å². The number of benzene rings is 4. The number of aliphatic carboxylic acids is 1. The van der Waals surface area contributed by atoms with E-state index in [9.17, 15) is 83.7 Å². The number of phenols is 3. The highest BCUT2D eigenvalue weighted by molar-refractivity contribution is 5.99. The van der Waals surface area contributed by atoms with Crippen LogP contribution in [-0.2, 0) is 73.6 Å². The van der Waals surface area contributed by atoms with Gasteiger partial charge in [0, 0.05) is 49.5 Å². The number of aliphatic imine (C=N–C) groups is 2. The minimum atomic E-state index is -1.96. The minimum Gasteiger partial charge on any atom is -0.508 e. The molecule has 1 heterocycles. The summed E-state index contributed by atoms with van der Waals surface area (Å²) in [6, 6.07) is 7.72. The molecular weight excluding hydrogens is 1320 g/mol. The van der Waals surface area contributed by atoms with Crippen LogP contribution in [0.4, 0.5) is 0 Å². The SMILES string of the molecule is C[C@@H](O)[C@H](NC(=O)[C@H](Cc1ccc(O)cc1)NC(=O)[C@H](CCCCN)NC(=O)[C@H](CCCN=C(N)N)NC(=O)[C@H](CO)NC(=O)[C@H](CCCN=C(N)N)NC(=O)[C@@H](N)Cc1ccc(O)cc1)C(=O)N[C@@H](CO)C(=O)N[C@@H](Cc1c[nH]c2ccccc12)C(=O)N[C@@H](Cc1ccc(O)cc1)C(=O)O. The molecule has 0 fully saturated rings. The number of hydrogen-bond acceptors (Lipinski definition) is 20. The third kappa shape index (κ3) is 26.9. The number of para-hydroxylation sites is 1. The second-order valence-corrected chi connectivity index (χ2v) is 23.9. The number of hydrogen-bond donors (Lipinski definition) is 23. The lowest BCUT2D eigenvalue weighted by Gasteiger charge is -2.29. The molecule has 548 valence electrons. The van der Waals surface area contributed by atoms with Crippen molar-refractivity contribution in [2.24, 2.45) is 44.4 Å². The summed E-state index contributed by atoms with van der Waals surface area (Å²) in [5.41, 5.74) is 36.5. The van der Waals surface area contributed by atoms with Crippen LogP contribution in [0, 0.1) is 0 Å². The number of carbonyl (C=O) groups excluding carboxylic acids is 9. The zero-order chi connectivity index (χ0) is 74.3. The summed E-state index contributed by atoms with van der Waals surface area (Å²) in [5.74, 6) is -11.7. The second-order valence-electron chi connectivity index (χ2n) is 23.9. The number of phenolic OH excluding ortho intramolecular Hbond substituents is 3. The topological polar surface area (TPSA) is 617 Å². The van der Waals surface area contributed by atoms with Gasteiger partial charge in [0.15, 0.2) is 11.9 Å². The Balaban J connectivity index is 1.37. The molecule has 0 saturated heterocycles. The Morgan fingerprint density at radius 1 is 0.446 bits per heavy atom. The first-order valence-corrected chi connectivity index (χ1v) is 32.4. The molecule has 35 nitrogen and oxygen atoms in total. The predicted molar refractivity (Wildman–Crippen MR) is 369 cm³/mol. The molecule has 11 atom stereocenters. The number of rotatable bonds is 42. The number of nitrogens with one attached hydrogen (secondary N) is 10. The summed E-state index contributed by atoms with van der Waals surface area (Å²) < 4.78 is 0. The van der Waals surface area contributed by atoms with E-state index in [1.165, 1.54) is 60.7 Å². The van der Waals surface area contributed by atoms with E-state index in [1.54, 1.807) is 42.6 Å². The molecule has 0 aliphatic rings. The number of aliphatic hydroxyl groups is 3. The molecule has 0 spiro atoms. The van der Waals surface area contributed by atoms with Crippen LogP contribution in [0.25, 0.3) is 10.9 Å². The molecule has 9 amide bonds. The number of aromatic amines is 1. The molecular formula is C66H92N18O17. The van der Waals surface area contributed by atoms with Gasteiger partial charge in [-0.3, -0.25) is 53.1 Å². The van der Waals surface area contributed by atoms with E-state index in [1.807, 2.05) is 0 Å².